The van der Waals surface area contributed by atoms with E-state index in [1.807, 2.05) is 30.3 Å². The molecule has 1 N–H and O–H groups in total. The predicted molar refractivity (Wildman–Crippen MR) is 76.8 cm³/mol. The fourth-order valence-electron chi connectivity index (χ4n) is 1.69. The summed E-state index contributed by atoms with van der Waals surface area (Å²) in [6, 6.07) is 12.9. The SMILES string of the molecule is CC(=O)c1ccc(CCNC(=O)c2ccccc2)s1. The van der Waals surface area contributed by atoms with Crippen LogP contribution in [-0.2, 0) is 6.42 Å². The predicted octanol–water partition coefficient (Wildman–Crippen LogP) is 2.92. The average Bonchev–Trinajstić information content (AvgIpc) is 2.89. The first-order chi connectivity index (χ1) is 9.16. The van der Waals surface area contributed by atoms with E-state index in [0.29, 0.717) is 12.1 Å². The van der Waals surface area contributed by atoms with Crippen LogP contribution in [0, 0.1) is 0 Å². The number of amides is 1. The van der Waals surface area contributed by atoms with Gasteiger partial charge in [0.15, 0.2) is 5.78 Å². The van der Waals surface area contributed by atoms with Gasteiger partial charge in [0.05, 0.1) is 4.88 Å². The molecule has 3 nitrogen and oxygen atoms in total. The number of carbonyl (C=O) groups excluding carboxylic acids is 2. The van der Waals surface area contributed by atoms with Gasteiger partial charge >= 0.3 is 0 Å². The fourth-order valence-corrected chi connectivity index (χ4v) is 2.59. The Labute approximate surface area is 116 Å². The van der Waals surface area contributed by atoms with Gasteiger partial charge < -0.3 is 5.32 Å². The van der Waals surface area contributed by atoms with Crippen molar-refractivity contribution in [3.8, 4) is 0 Å². The van der Waals surface area contributed by atoms with Crippen molar-refractivity contribution in [2.24, 2.45) is 0 Å². The second-order valence-electron chi connectivity index (χ2n) is 4.19. The molecule has 0 saturated carbocycles. The normalized spacial score (nSPS) is 10.2. The Morgan fingerprint density at radius 3 is 2.47 bits per heavy atom. The molecule has 1 aromatic carbocycles. The molecule has 0 spiro atoms. The van der Waals surface area contributed by atoms with Gasteiger partial charge in [-0.1, -0.05) is 18.2 Å². The minimum atomic E-state index is -0.0658. The molecule has 0 bridgehead atoms. The van der Waals surface area contributed by atoms with Crippen LogP contribution in [0.1, 0.15) is 31.8 Å². The first-order valence-electron chi connectivity index (χ1n) is 6.09. The second-order valence-corrected chi connectivity index (χ2v) is 5.36. The van der Waals surface area contributed by atoms with E-state index in [-0.39, 0.29) is 11.7 Å². The van der Waals surface area contributed by atoms with E-state index in [0.717, 1.165) is 16.2 Å². The lowest BCUT2D eigenvalue weighted by molar-refractivity contribution is 0.0953. The first-order valence-corrected chi connectivity index (χ1v) is 6.91. The van der Waals surface area contributed by atoms with Crippen LogP contribution in [0.5, 0.6) is 0 Å². The molecule has 1 heterocycles. The zero-order valence-electron chi connectivity index (χ0n) is 10.7. The lowest BCUT2D eigenvalue weighted by atomic mass is 10.2. The molecule has 19 heavy (non-hydrogen) atoms. The Hall–Kier alpha value is -1.94. The molecule has 0 radical (unpaired) electrons. The third-order valence-corrected chi connectivity index (χ3v) is 3.95. The van der Waals surface area contributed by atoms with Crippen molar-refractivity contribution in [3.05, 3.63) is 57.8 Å². The van der Waals surface area contributed by atoms with Gasteiger partial charge in [0.1, 0.15) is 0 Å². The topological polar surface area (TPSA) is 46.2 Å². The maximum atomic E-state index is 11.8. The molecule has 0 aliphatic heterocycles. The van der Waals surface area contributed by atoms with Crippen LogP contribution in [0.4, 0.5) is 0 Å². The number of rotatable bonds is 5. The molecule has 2 aromatic rings. The Bertz CT molecular complexity index is 575. The monoisotopic (exact) mass is 273 g/mol. The third-order valence-electron chi connectivity index (χ3n) is 2.70. The fraction of sp³-hybridized carbons (Fsp3) is 0.200. The second kappa shape index (κ2) is 6.29. The van der Waals surface area contributed by atoms with Crippen molar-refractivity contribution >= 4 is 23.0 Å². The van der Waals surface area contributed by atoms with E-state index >= 15 is 0 Å². The zero-order valence-corrected chi connectivity index (χ0v) is 11.5. The third kappa shape index (κ3) is 3.76. The van der Waals surface area contributed by atoms with E-state index in [4.69, 9.17) is 0 Å². The van der Waals surface area contributed by atoms with Crippen molar-refractivity contribution in [3.63, 3.8) is 0 Å². The smallest absolute Gasteiger partial charge is 0.251 e. The number of carbonyl (C=O) groups is 2. The van der Waals surface area contributed by atoms with Gasteiger partial charge in [-0.15, -0.1) is 11.3 Å². The molecule has 1 aromatic heterocycles. The van der Waals surface area contributed by atoms with Gasteiger partial charge in [0, 0.05) is 17.0 Å². The Morgan fingerprint density at radius 1 is 1.11 bits per heavy atom. The van der Waals surface area contributed by atoms with E-state index in [2.05, 4.69) is 5.32 Å². The van der Waals surface area contributed by atoms with Crippen LogP contribution in [0.3, 0.4) is 0 Å². The van der Waals surface area contributed by atoms with Crippen LogP contribution in [0.2, 0.25) is 0 Å². The van der Waals surface area contributed by atoms with Crippen molar-refractivity contribution < 1.29 is 9.59 Å². The summed E-state index contributed by atoms with van der Waals surface area (Å²) in [4.78, 5) is 24.8. The van der Waals surface area contributed by atoms with Gasteiger partial charge in [-0.3, -0.25) is 9.59 Å². The number of benzene rings is 1. The van der Waals surface area contributed by atoms with Crippen molar-refractivity contribution in [2.45, 2.75) is 13.3 Å². The molecular formula is C15H15NO2S. The van der Waals surface area contributed by atoms with Crippen molar-refractivity contribution in [2.75, 3.05) is 6.54 Å². The van der Waals surface area contributed by atoms with E-state index in [1.165, 1.54) is 11.3 Å². The van der Waals surface area contributed by atoms with E-state index < -0.39 is 0 Å². The summed E-state index contributed by atoms with van der Waals surface area (Å²) in [5.74, 6) is 0.0218. The highest BCUT2D eigenvalue weighted by Gasteiger charge is 2.06. The quantitative estimate of drug-likeness (QED) is 0.851. The largest absolute Gasteiger partial charge is 0.352 e. The van der Waals surface area contributed by atoms with E-state index in [9.17, 15) is 9.59 Å². The van der Waals surface area contributed by atoms with Gasteiger partial charge in [-0.05, 0) is 37.6 Å². The lowest BCUT2D eigenvalue weighted by Crippen LogP contribution is -2.25. The maximum Gasteiger partial charge on any atom is 0.251 e. The Morgan fingerprint density at radius 2 is 1.84 bits per heavy atom. The molecule has 0 atom stereocenters. The molecule has 98 valence electrons. The molecule has 1 amide bonds. The van der Waals surface area contributed by atoms with Gasteiger partial charge in [-0.25, -0.2) is 0 Å². The van der Waals surface area contributed by atoms with Crippen LogP contribution in [0.15, 0.2) is 42.5 Å². The first kappa shape index (κ1) is 13.5. The van der Waals surface area contributed by atoms with Crippen LogP contribution >= 0.6 is 11.3 Å². The number of hydrogen-bond donors (Lipinski definition) is 1. The molecule has 0 saturated heterocycles. The summed E-state index contributed by atoms with van der Waals surface area (Å²) in [5, 5.41) is 2.87. The lowest BCUT2D eigenvalue weighted by Gasteiger charge is -2.03. The minimum absolute atomic E-state index is 0.0658. The summed E-state index contributed by atoms with van der Waals surface area (Å²) in [6.45, 7) is 2.14. The summed E-state index contributed by atoms with van der Waals surface area (Å²) >= 11 is 1.49. The molecule has 0 unspecified atom stereocenters. The molecule has 4 heteroatoms. The zero-order chi connectivity index (χ0) is 13.7. The number of Topliss-reactive ketones (excluding diaryl/α,β-unsaturated/α-hetero) is 1. The van der Waals surface area contributed by atoms with Gasteiger partial charge in [-0.2, -0.15) is 0 Å². The van der Waals surface area contributed by atoms with Crippen LogP contribution in [0.25, 0.3) is 0 Å². The number of ketones is 1. The molecule has 0 aliphatic carbocycles. The minimum Gasteiger partial charge on any atom is -0.352 e. The van der Waals surface area contributed by atoms with Crippen LogP contribution < -0.4 is 5.32 Å². The summed E-state index contributed by atoms with van der Waals surface area (Å²) in [5.41, 5.74) is 0.665. The molecular weight excluding hydrogens is 258 g/mol. The van der Waals surface area contributed by atoms with Gasteiger partial charge in [0.25, 0.3) is 5.91 Å². The molecule has 2 rings (SSSR count). The number of nitrogens with one attached hydrogen (secondary N) is 1. The van der Waals surface area contributed by atoms with Crippen molar-refractivity contribution in [1.29, 1.82) is 0 Å². The number of hydrogen-bond acceptors (Lipinski definition) is 3. The Balaban J connectivity index is 1.83. The highest BCUT2D eigenvalue weighted by molar-refractivity contribution is 7.14. The highest BCUT2D eigenvalue weighted by atomic mass is 32.1. The highest BCUT2D eigenvalue weighted by Crippen LogP contribution is 2.17. The summed E-state index contributed by atoms with van der Waals surface area (Å²) < 4.78 is 0. The summed E-state index contributed by atoms with van der Waals surface area (Å²) in [7, 11) is 0. The van der Waals surface area contributed by atoms with Crippen molar-refractivity contribution in [1.82, 2.24) is 5.32 Å². The average molecular weight is 273 g/mol. The standard InChI is InChI=1S/C15H15NO2S/c1-11(17)14-8-7-13(19-14)9-10-16-15(18)12-5-3-2-4-6-12/h2-8H,9-10H2,1H3,(H,16,18). The molecule has 0 aliphatic rings. The Kier molecular flexibility index (Phi) is 4.47. The number of thiophene rings is 1. The van der Waals surface area contributed by atoms with E-state index in [1.54, 1.807) is 19.1 Å². The summed E-state index contributed by atoms with van der Waals surface area (Å²) in [6.07, 6.45) is 0.747. The van der Waals surface area contributed by atoms with Crippen LogP contribution in [-0.4, -0.2) is 18.2 Å². The maximum absolute atomic E-state index is 11.8. The molecule has 0 fully saturated rings. The van der Waals surface area contributed by atoms with Gasteiger partial charge in [0.2, 0.25) is 0 Å².